The van der Waals surface area contributed by atoms with E-state index >= 15 is 0 Å². The van der Waals surface area contributed by atoms with Crippen LogP contribution in [0.25, 0.3) is 0 Å². The van der Waals surface area contributed by atoms with Gasteiger partial charge in [0.15, 0.2) is 5.82 Å². The molecule has 0 saturated carbocycles. The van der Waals surface area contributed by atoms with Gasteiger partial charge in [0.2, 0.25) is 0 Å². The number of methoxy groups -OCH3 is 1. The molecular formula is C11H10IN3O2. The minimum atomic E-state index is -0.156. The van der Waals surface area contributed by atoms with E-state index in [-0.39, 0.29) is 5.56 Å². The number of nitrogens with zero attached hydrogens (tertiary/aromatic N) is 1. The Labute approximate surface area is 111 Å². The lowest BCUT2D eigenvalue weighted by molar-refractivity contribution is 0.415. The normalized spacial score (nSPS) is 10.0. The van der Waals surface area contributed by atoms with Gasteiger partial charge in [-0.3, -0.25) is 4.79 Å². The summed E-state index contributed by atoms with van der Waals surface area (Å²) in [6.45, 7) is 0. The molecule has 2 aromatic rings. The number of H-pyrrole nitrogens is 1. The van der Waals surface area contributed by atoms with Crippen molar-refractivity contribution in [3.63, 3.8) is 0 Å². The number of nitrogens with one attached hydrogen (secondary N) is 2. The van der Waals surface area contributed by atoms with Crippen LogP contribution in [0, 0.1) is 3.57 Å². The number of hydrogen-bond donors (Lipinski definition) is 2. The van der Waals surface area contributed by atoms with Gasteiger partial charge in [-0.25, -0.2) is 4.98 Å². The highest BCUT2D eigenvalue weighted by Crippen LogP contribution is 2.19. The predicted octanol–water partition coefficient (Wildman–Crippen LogP) is 2.13. The van der Waals surface area contributed by atoms with E-state index < -0.39 is 0 Å². The van der Waals surface area contributed by atoms with E-state index in [0.717, 1.165) is 11.4 Å². The van der Waals surface area contributed by atoms with Crippen molar-refractivity contribution >= 4 is 34.1 Å². The molecule has 0 aliphatic carbocycles. The van der Waals surface area contributed by atoms with Crippen molar-refractivity contribution in [1.82, 2.24) is 9.97 Å². The van der Waals surface area contributed by atoms with Gasteiger partial charge < -0.3 is 15.0 Å². The summed E-state index contributed by atoms with van der Waals surface area (Å²) in [4.78, 5) is 17.9. The van der Waals surface area contributed by atoms with Crippen molar-refractivity contribution in [2.75, 3.05) is 12.4 Å². The summed E-state index contributed by atoms with van der Waals surface area (Å²) in [5, 5.41) is 3.07. The third-order valence-electron chi connectivity index (χ3n) is 2.15. The van der Waals surface area contributed by atoms with Crippen molar-refractivity contribution in [1.29, 1.82) is 0 Å². The first-order valence-corrected chi connectivity index (χ1v) is 5.93. The van der Waals surface area contributed by atoms with Gasteiger partial charge >= 0.3 is 0 Å². The number of aromatic amines is 1. The molecule has 0 bridgehead atoms. The summed E-state index contributed by atoms with van der Waals surface area (Å²) in [6.07, 6.45) is 1.37. The zero-order chi connectivity index (χ0) is 12.3. The minimum Gasteiger partial charge on any atom is -0.497 e. The highest BCUT2D eigenvalue weighted by Gasteiger charge is 2.05. The van der Waals surface area contributed by atoms with Crippen LogP contribution in [0.4, 0.5) is 11.5 Å². The lowest BCUT2D eigenvalue weighted by Gasteiger charge is -2.07. The molecule has 0 fully saturated rings. The van der Waals surface area contributed by atoms with Gasteiger partial charge in [0, 0.05) is 5.69 Å². The summed E-state index contributed by atoms with van der Waals surface area (Å²) in [6, 6.07) is 7.39. The Morgan fingerprint density at radius 3 is 2.71 bits per heavy atom. The quantitative estimate of drug-likeness (QED) is 0.838. The fraction of sp³-hybridized carbons (Fsp3) is 0.0909. The SMILES string of the molecule is COc1ccc(Nc2nc[nH]c(=O)c2I)cc1. The lowest BCUT2D eigenvalue weighted by Crippen LogP contribution is -2.12. The number of anilines is 2. The molecule has 0 aliphatic rings. The molecule has 0 spiro atoms. The molecular weight excluding hydrogens is 333 g/mol. The van der Waals surface area contributed by atoms with E-state index in [9.17, 15) is 4.79 Å². The Bertz CT molecular complexity index is 566. The van der Waals surface area contributed by atoms with Gasteiger partial charge in [0.1, 0.15) is 9.32 Å². The van der Waals surface area contributed by atoms with Gasteiger partial charge in [-0.15, -0.1) is 0 Å². The largest absolute Gasteiger partial charge is 0.497 e. The molecule has 0 aliphatic heterocycles. The molecule has 0 amide bonds. The number of ether oxygens (including phenoxy) is 1. The Balaban J connectivity index is 2.25. The van der Waals surface area contributed by atoms with Crippen LogP contribution < -0.4 is 15.6 Å². The zero-order valence-electron chi connectivity index (χ0n) is 9.03. The van der Waals surface area contributed by atoms with E-state index in [0.29, 0.717) is 9.39 Å². The second-order valence-corrected chi connectivity index (χ2v) is 4.33. The molecule has 0 unspecified atom stereocenters. The summed E-state index contributed by atoms with van der Waals surface area (Å²) < 4.78 is 5.59. The molecule has 1 aromatic heterocycles. The van der Waals surface area contributed by atoms with Gasteiger partial charge in [-0.2, -0.15) is 0 Å². The minimum absolute atomic E-state index is 0.156. The van der Waals surface area contributed by atoms with Crippen LogP contribution in [0.1, 0.15) is 0 Å². The Morgan fingerprint density at radius 1 is 1.35 bits per heavy atom. The number of hydrogen-bond acceptors (Lipinski definition) is 4. The van der Waals surface area contributed by atoms with Crippen LogP contribution in [-0.2, 0) is 0 Å². The van der Waals surface area contributed by atoms with Crippen molar-refractivity contribution < 1.29 is 4.74 Å². The molecule has 17 heavy (non-hydrogen) atoms. The Morgan fingerprint density at radius 2 is 2.06 bits per heavy atom. The smallest absolute Gasteiger partial charge is 0.266 e. The molecule has 0 atom stereocenters. The standard InChI is InChI=1S/C11H10IN3O2/c1-17-8-4-2-7(3-5-8)15-10-9(12)11(16)14-6-13-10/h2-6H,1H3,(H2,13,14,15,16). The van der Waals surface area contributed by atoms with E-state index in [1.165, 1.54) is 6.33 Å². The molecule has 1 aromatic carbocycles. The Kier molecular flexibility index (Phi) is 3.62. The zero-order valence-corrected chi connectivity index (χ0v) is 11.2. The first-order chi connectivity index (χ1) is 8.20. The average molecular weight is 343 g/mol. The molecule has 0 radical (unpaired) electrons. The number of benzene rings is 1. The maximum Gasteiger partial charge on any atom is 0.266 e. The van der Waals surface area contributed by atoms with Gasteiger partial charge in [-0.05, 0) is 46.9 Å². The topological polar surface area (TPSA) is 67.0 Å². The van der Waals surface area contributed by atoms with Crippen molar-refractivity contribution in [2.24, 2.45) is 0 Å². The van der Waals surface area contributed by atoms with E-state index in [4.69, 9.17) is 4.74 Å². The van der Waals surface area contributed by atoms with Crippen molar-refractivity contribution in [3.05, 3.63) is 44.5 Å². The maximum absolute atomic E-state index is 11.4. The average Bonchev–Trinajstić information content (AvgIpc) is 2.36. The highest BCUT2D eigenvalue weighted by atomic mass is 127. The monoisotopic (exact) mass is 343 g/mol. The fourth-order valence-corrected chi connectivity index (χ4v) is 1.71. The summed E-state index contributed by atoms with van der Waals surface area (Å²) in [5.74, 6) is 1.32. The fourth-order valence-electron chi connectivity index (χ4n) is 1.28. The van der Waals surface area contributed by atoms with Gasteiger partial charge in [-0.1, -0.05) is 0 Å². The number of rotatable bonds is 3. The summed E-state index contributed by atoms with van der Waals surface area (Å²) >= 11 is 1.95. The second-order valence-electron chi connectivity index (χ2n) is 3.25. The molecule has 2 rings (SSSR count). The summed E-state index contributed by atoms with van der Waals surface area (Å²) in [5.41, 5.74) is 0.693. The van der Waals surface area contributed by atoms with Gasteiger partial charge in [0.25, 0.3) is 5.56 Å². The lowest BCUT2D eigenvalue weighted by atomic mass is 10.3. The maximum atomic E-state index is 11.4. The van der Waals surface area contributed by atoms with E-state index in [2.05, 4.69) is 15.3 Å². The Hall–Kier alpha value is -1.57. The molecule has 88 valence electrons. The van der Waals surface area contributed by atoms with Crippen LogP contribution in [0.5, 0.6) is 5.75 Å². The molecule has 2 N–H and O–H groups in total. The van der Waals surface area contributed by atoms with E-state index in [1.54, 1.807) is 7.11 Å². The summed E-state index contributed by atoms with van der Waals surface area (Å²) in [7, 11) is 1.61. The third kappa shape index (κ3) is 2.76. The molecule has 1 heterocycles. The predicted molar refractivity (Wildman–Crippen MR) is 73.9 cm³/mol. The number of aromatic nitrogens is 2. The van der Waals surface area contributed by atoms with Crippen LogP contribution >= 0.6 is 22.6 Å². The van der Waals surface area contributed by atoms with E-state index in [1.807, 2.05) is 46.9 Å². The number of halogens is 1. The van der Waals surface area contributed by atoms with Crippen molar-refractivity contribution in [3.8, 4) is 5.75 Å². The molecule has 6 heteroatoms. The van der Waals surface area contributed by atoms with Crippen molar-refractivity contribution in [2.45, 2.75) is 0 Å². The molecule has 0 saturated heterocycles. The van der Waals surface area contributed by atoms with Crippen LogP contribution in [0.2, 0.25) is 0 Å². The molecule has 5 nitrogen and oxygen atoms in total. The highest BCUT2D eigenvalue weighted by molar-refractivity contribution is 14.1. The first-order valence-electron chi connectivity index (χ1n) is 4.85. The van der Waals surface area contributed by atoms with Crippen LogP contribution in [-0.4, -0.2) is 17.1 Å². The second kappa shape index (κ2) is 5.17. The third-order valence-corrected chi connectivity index (χ3v) is 3.15. The first kappa shape index (κ1) is 11.9. The van der Waals surface area contributed by atoms with Crippen LogP contribution in [0.15, 0.2) is 35.4 Å². The van der Waals surface area contributed by atoms with Gasteiger partial charge in [0.05, 0.1) is 13.4 Å². The van der Waals surface area contributed by atoms with Crippen LogP contribution in [0.3, 0.4) is 0 Å².